The monoisotopic (exact) mass is 196 g/mol. The molecule has 0 aromatic rings. The SMILES string of the molecule is O=P(O)(O)COC1CCCCO1. The molecule has 0 aromatic carbocycles. The molecule has 2 N–H and O–H groups in total. The molecule has 12 heavy (non-hydrogen) atoms. The van der Waals surface area contributed by atoms with Crippen molar-refractivity contribution in [3.05, 3.63) is 0 Å². The summed E-state index contributed by atoms with van der Waals surface area (Å²) in [5.41, 5.74) is 0. The predicted molar refractivity (Wildman–Crippen MR) is 41.6 cm³/mol. The van der Waals surface area contributed by atoms with Gasteiger partial charge < -0.3 is 19.3 Å². The molecule has 1 atom stereocenters. The van der Waals surface area contributed by atoms with Gasteiger partial charge in [-0.25, -0.2) is 0 Å². The molecule has 1 saturated heterocycles. The summed E-state index contributed by atoms with van der Waals surface area (Å²) >= 11 is 0. The van der Waals surface area contributed by atoms with Crippen molar-refractivity contribution >= 4 is 7.60 Å². The molecular weight excluding hydrogens is 183 g/mol. The Morgan fingerprint density at radius 3 is 2.75 bits per heavy atom. The quantitative estimate of drug-likeness (QED) is 0.648. The fraction of sp³-hybridized carbons (Fsp3) is 1.00. The number of ether oxygens (including phenoxy) is 2. The molecule has 1 fully saturated rings. The van der Waals surface area contributed by atoms with Gasteiger partial charge >= 0.3 is 7.60 Å². The first-order chi connectivity index (χ1) is 5.58. The summed E-state index contributed by atoms with van der Waals surface area (Å²) in [6, 6.07) is 0. The van der Waals surface area contributed by atoms with E-state index in [2.05, 4.69) is 0 Å². The Morgan fingerprint density at radius 1 is 1.50 bits per heavy atom. The summed E-state index contributed by atoms with van der Waals surface area (Å²) in [6.07, 6.45) is 1.74. The maximum absolute atomic E-state index is 10.4. The van der Waals surface area contributed by atoms with E-state index >= 15 is 0 Å². The van der Waals surface area contributed by atoms with E-state index in [0.717, 1.165) is 19.3 Å². The molecule has 6 heteroatoms. The van der Waals surface area contributed by atoms with Gasteiger partial charge in [-0.15, -0.1) is 0 Å². The van der Waals surface area contributed by atoms with Crippen LogP contribution in [0.2, 0.25) is 0 Å². The zero-order valence-electron chi connectivity index (χ0n) is 6.68. The van der Waals surface area contributed by atoms with E-state index in [0.29, 0.717) is 6.61 Å². The van der Waals surface area contributed by atoms with E-state index in [1.807, 2.05) is 0 Å². The minimum Gasteiger partial charge on any atom is -0.353 e. The van der Waals surface area contributed by atoms with Gasteiger partial charge in [0, 0.05) is 6.61 Å². The Bertz CT molecular complexity index is 171. The van der Waals surface area contributed by atoms with Gasteiger partial charge in [-0.05, 0) is 19.3 Å². The minimum absolute atomic E-state index is 0.425. The summed E-state index contributed by atoms with van der Waals surface area (Å²) in [7, 11) is -4.03. The normalized spacial score (nSPS) is 25.7. The molecule has 0 radical (unpaired) electrons. The highest BCUT2D eigenvalue weighted by atomic mass is 31.2. The van der Waals surface area contributed by atoms with Crippen molar-refractivity contribution < 1.29 is 23.8 Å². The molecule has 0 bridgehead atoms. The van der Waals surface area contributed by atoms with E-state index in [9.17, 15) is 4.57 Å². The van der Waals surface area contributed by atoms with Gasteiger partial charge in [-0.2, -0.15) is 0 Å². The smallest absolute Gasteiger partial charge is 0.351 e. The van der Waals surface area contributed by atoms with Crippen molar-refractivity contribution in [2.24, 2.45) is 0 Å². The number of rotatable bonds is 3. The van der Waals surface area contributed by atoms with E-state index in [1.54, 1.807) is 0 Å². The molecular formula is C6H13O5P. The standard InChI is InChI=1S/C6H13O5P/c7-12(8,9)5-11-6-3-1-2-4-10-6/h6H,1-5H2,(H2,7,8,9). The summed E-state index contributed by atoms with van der Waals surface area (Å²) in [4.78, 5) is 17.0. The highest BCUT2D eigenvalue weighted by molar-refractivity contribution is 7.51. The van der Waals surface area contributed by atoms with Gasteiger partial charge in [-0.1, -0.05) is 0 Å². The lowest BCUT2D eigenvalue weighted by atomic mass is 10.2. The van der Waals surface area contributed by atoms with Gasteiger partial charge in [0.1, 0.15) is 0 Å². The van der Waals surface area contributed by atoms with Gasteiger partial charge in [0.15, 0.2) is 12.6 Å². The van der Waals surface area contributed by atoms with Gasteiger partial charge in [0.05, 0.1) is 0 Å². The van der Waals surface area contributed by atoms with E-state index < -0.39 is 20.2 Å². The van der Waals surface area contributed by atoms with Crippen LogP contribution in [0.4, 0.5) is 0 Å². The van der Waals surface area contributed by atoms with E-state index in [-0.39, 0.29) is 0 Å². The largest absolute Gasteiger partial charge is 0.353 e. The molecule has 1 rings (SSSR count). The third-order valence-electron chi connectivity index (χ3n) is 1.57. The molecule has 0 aromatic heterocycles. The number of hydrogen-bond donors (Lipinski definition) is 2. The second kappa shape index (κ2) is 4.35. The lowest BCUT2D eigenvalue weighted by Gasteiger charge is -2.22. The molecule has 0 amide bonds. The summed E-state index contributed by atoms with van der Waals surface area (Å²) in [6.45, 7) is 0.617. The third kappa shape index (κ3) is 4.18. The van der Waals surface area contributed by atoms with Crippen LogP contribution in [0, 0.1) is 0 Å². The zero-order valence-corrected chi connectivity index (χ0v) is 7.57. The first-order valence-electron chi connectivity index (χ1n) is 3.86. The molecule has 1 aliphatic heterocycles. The first kappa shape index (κ1) is 10.2. The average Bonchev–Trinajstić information content (AvgIpc) is 2.02. The topological polar surface area (TPSA) is 76.0 Å². The fourth-order valence-electron chi connectivity index (χ4n) is 1.02. The van der Waals surface area contributed by atoms with Crippen LogP contribution in [0.3, 0.4) is 0 Å². The Balaban J connectivity index is 2.17. The van der Waals surface area contributed by atoms with Gasteiger partial charge in [-0.3, -0.25) is 4.57 Å². The maximum Gasteiger partial charge on any atom is 0.351 e. The summed E-state index contributed by atoms with van der Waals surface area (Å²) in [5, 5.41) is 0. The molecule has 1 aliphatic rings. The lowest BCUT2D eigenvalue weighted by Crippen LogP contribution is -2.22. The Labute approximate surface area is 70.8 Å². The lowest BCUT2D eigenvalue weighted by molar-refractivity contribution is -0.153. The van der Waals surface area contributed by atoms with Crippen LogP contribution in [0.5, 0.6) is 0 Å². The van der Waals surface area contributed by atoms with Crippen molar-refractivity contribution in [1.29, 1.82) is 0 Å². The van der Waals surface area contributed by atoms with Crippen molar-refractivity contribution in [3.63, 3.8) is 0 Å². The third-order valence-corrected chi connectivity index (χ3v) is 2.05. The molecule has 0 aliphatic carbocycles. The highest BCUT2D eigenvalue weighted by Gasteiger charge is 2.19. The Kier molecular flexibility index (Phi) is 3.68. The molecule has 1 heterocycles. The second-order valence-electron chi connectivity index (χ2n) is 2.76. The summed E-state index contributed by atoms with van der Waals surface area (Å²) in [5.74, 6) is 0. The fourth-order valence-corrected chi connectivity index (χ4v) is 1.38. The summed E-state index contributed by atoms with van der Waals surface area (Å²) < 4.78 is 20.4. The van der Waals surface area contributed by atoms with Crippen LogP contribution in [0.1, 0.15) is 19.3 Å². The van der Waals surface area contributed by atoms with E-state index in [4.69, 9.17) is 19.3 Å². The van der Waals surface area contributed by atoms with Crippen LogP contribution in [0.25, 0.3) is 0 Å². The van der Waals surface area contributed by atoms with Crippen molar-refractivity contribution in [2.75, 3.05) is 13.0 Å². The van der Waals surface area contributed by atoms with Gasteiger partial charge in [0.2, 0.25) is 0 Å². The molecule has 72 valence electrons. The Morgan fingerprint density at radius 2 is 2.25 bits per heavy atom. The van der Waals surface area contributed by atoms with Crippen molar-refractivity contribution in [2.45, 2.75) is 25.6 Å². The minimum atomic E-state index is -4.03. The van der Waals surface area contributed by atoms with Crippen LogP contribution >= 0.6 is 7.60 Å². The van der Waals surface area contributed by atoms with Crippen LogP contribution in [-0.2, 0) is 14.0 Å². The molecule has 5 nitrogen and oxygen atoms in total. The van der Waals surface area contributed by atoms with Crippen LogP contribution in [0.15, 0.2) is 0 Å². The van der Waals surface area contributed by atoms with Crippen LogP contribution < -0.4 is 0 Å². The Hall–Kier alpha value is 0.0700. The van der Waals surface area contributed by atoms with Crippen LogP contribution in [-0.4, -0.2) is 29.0 Å². The highest BCUT2D eigenvalue weighted by Crippen LogP contribution is 2.35. The number of hydrogen-bond acceptors (Lipinski definition) is 3. The van der Waals surface area contributed by atoms with Gasteiger partial charge in [0.25, 0.3) is 0 Å². The van der Waals surface area contributed by atoms with Crippen molar-refractivity contribution in [1.82, 2.24) is 0 Å². The first-order valence-corrected chi connectivity index (χ1v) is 5.65. The molecule has 0 spiro atoms. The zero-order chi connectivity index (χ0) is 9.03. The molecule has 0 saturated carbocycles. The van der Waals surface area contributed by atoms with E-state index in [1.165, 1.54) is 0 Å². The molecule has 1 unspecified atom stereocenters. The predicted octanol–water partition coefficient (Wildman–Crippen LogP) is 0.665. The maximum atomic E-state index is 10.4. The van der Waals surface area contributed by atoms with Crippen molar-refractivity contribution in [3.8, 4) is 0 Å². The average molecular weight is 196 g/mol. The second-order valence-corrected chi connectivity index (χ2v) is 4.34.